The van der Waals surface area contributed by atoms with Gasteiger partial charge in [-0.05, 0) is 19.1 Å². The molecule has 1 aromatic carbocycles. The molecular weight excluding hydrogens is 158 g/mol. The topological polar surface area (TPSA) is 3.24 Å². The molecule has 0 fully saturated rings. The van der Waals surface area contributed by atoms with Crippen molar-refractivity contribution in [3.8, 4) is 0 Å². The predicted molar refractivity (Wildman–Crippen MR) is 55.5 cm³/mol. The Bertz CT molecular complexity index is 427. The second-order valence-electron chi connectivity index (χ2n) is 3.67. The van der Waals surface area contributed by atoms with E-state index in [-0.39, 0.29) is 0 Å². The van der Waals surface area contributed by atoms with Crippen LogP contribution in [0.25, 0.3) is 5.70 Å². The van der Waals surface area contributed by atoms with Crippen LogP contribution in [0, 0.1) is 0 Å². The zero-order chi connectivity index (χ0) is 8.84. The summed E-state index contributed by atoms with van der Waals surface area (Å²) < 4.78 is 0. The summed E-state index contributed by atoms with van der Waals surface area (Å²) in [4.78, 5) is 2.37. The Kier molecular flexibility index (Phi) is 1.21. The maximum absolute atomic E-state index is 2.37. The van der Waals surface area contributed by atoms with Gasteiger partial charge in [0.25, 0.3) is 0 Å². The molecule has 2 heterocycles. The first-order valence-corrected chi connectivity index (χ1v) is 4.61. The van der Waals surface area contributed by atoms with Crippen molar-refractivity contribution in [2.75, 3.05) is 11.4 Å². The third-order valence-corrected chi connectivity index (χ3v) is 2.69. The van der Waals surface area contributed by atoms with Crippen LogP contribution in [0.15, 0.2) is 42.0 Å². The number of anilines is 1. The Morgan fingerprint density at radius 1 is 1.15 bits per heavy atom. The molecule has 0 aliphatic carbocycles. The van der Waals surface area contributed by atoms with Gasteiger partial charge < -0.3 is 4.90 Å². The lowest BCUT2D eigenvalue weighted by molar-refractivity contribution is 0.984. The fourth-order valence-electron chi connectivity index (χ4n) is 2.02. The van der Waals surface area contributed by atoms with Gasteiger partial charge in [0.2, 0.25) is 0 Å². The fourth-order valence-corrected chi connectivity index (χ4v) is 2.02. The number of rotatable bonds is 0. The highest BCUT2D eigenvalue weighted by Gasteiger charge is 2.29. The Hall–Kier alpha value is -1.50. The molecule has 1 aromatic rings. The Morgan fingerprint density at radius 3 is 2.92 bits per heavy atom. The van der Waals surface area contributed by atoms with E-state index in [2.05, 4.69) is 48.2 Å². The number of fused-ring (bicyclic) bond motifs is 4. The quantitative estimate of drug-likeness (QED) is 0.577. The first kappa shape index (κ1) is 6.96. The smallest absolute Gasteiger partial charge is 0.0508 e. The van der Waals surface area contributed by atoms with E-state index >= 15 is 0 Å². The molecule has 64 valence electrons. The average molecular weight is 169 g/mol. The summed E-state index contributed by atoms with van der Waals surface area (Å²) in [5, 5.41) is 0. The lowest BCUT2D eigenvalue weighted by Gasteiger charge is -2.40. The van der Waals surface area contributed by atoms with Crippen LogP contribution < -0.4 is 4.90 Å². The zero-order valence-electron chi connectivity index (χ0n) is 7.62. The molecule has 3 rings (SSSR count). The maximum atomic E-state index is 2.37. The average Bonchev–Trinajstić information content (AvgIpc) is 2.15. The highest BCUT2D eigenvalue weighted by Crippen LogP contribution is 2.43. The number of hydrogen-bond acceptors (Lipinski definition) is 1. The Balaban J connectivity index is 2.15. The number of nitrogens with zero attached hydrogens (tertiary/aromatic N) is 1. The molecule has 0 spiro atoms. The van der Waals surface area contributed by atoms with Gasteiger partial charge in [0, 0.05) is 12.1 Å². The summed E-state index contributed by atoms with van der Waals surface area (Å²) in [5.41, 5.74) is 5.58. The van der Waals surface area contributed by atoms with Gasteiger partial charge in [-0.2, -0.15) is 0 Å². The highest BCUT2D eigenvalue weighted by molar-refractivity contribution is 5.98. The lowest BCUT2D eigenvalue weighted by Crippen LogP contribution is -2.33. The molecule has 0 aromatic heterocycles. The summed E-state index contributed by atoms with van der Waals surface area (Å²) in [6.07, 6.45) is 4.42. The van der Waals surface area contributed by atoms with Crippen LogP contribution in [0.3, 0.4) is 0 Å². The SMILES string of the molecule is CC1=CC=C2c3ccccc3N2C1. The largest absolute Gasteiger partial charge is 0.336 e. The second kappa shape index (κ2) is 2.25. The van der Waals surface area contributed by atoms with E-state index in [1.165, 1.54) is 22.5 Å². The molecule has 1 nitrogen and oxygen atoms in total. The maximum Gasteiger partial charge on any atom is 0.0508 e. The van der Waals surface area contributed by atoms with Crippen molar-refractivity contribution in [1.29, 1.82) is 0 Å². The minimum atomic E-state index is 1.06. The first-order valence-electron chi connectivity index (χ1n) is 4.61. The Morgan fingerprint density at radius 2 is 2.00 bits per heavy atom. The third kappa shape index (κ3) is 0.816. The van der Waals surface area contributed by atoms with Gasteiger partial charge >= 0.3 is 0 Å². The van der Waals surface area contributed by atoms with E-state index in [0.717, 1.165) is 6.54 Å². The number of para-hydroxylation sites is 1. The zero-order valence-corrected chi connectivity index (χ0v) is 7.62. The fraction of sp³-hybridized carbons (Fsp3) is 0.167. The van der Waals surface area contributed by atoms with E-state index in [0.29, 0.717) is 0 Å². The van der Waals surface area contributed by atoms with Crippen molar-refractivity contribution in [2.24, 2.45) is 0 Å². The summed E-state index contributed by atoms with van der Waals surface area (Å²) in [7, 11) is 0. The van der Waals surface area contributed by atoms with Crippen molar-refractivity contribution in [2.45, 2.75) is 6.92 Å². The van der Waals surface area contributed by atoms with Crippen LogP contribution in [0.1, 0.15) is 12.5 Å². The van der Waals surface area contributed by atoms with Gasteiger partial charge in [-0.25, -0.2) is 0 Å². The van der Waals surface area contributed by atoms with E-state index in [1.807, 2.05) is 0 Å². The van der Waals surface area contributed by atoms with Gasteiger partial charge in [-0.15, -0.1) is 0 Å². The molecule has 0 bridgehead atoms. The first-order chi connectivity index (χ1) is 6.36. The number of hydrogen-bond donors (Lipinski definition) is 0. The summed E-state index contributed by atoms with van der Waals surface area (Å²) in [6, 6.07) is 8.57. The summed E-state index contributed by atoms with van der Waals surface area (Å²) in [6.45, 7) is 3.23. The van der Waals surface area contributed by atoms with Gasteiger partial charge in [-0.3, -0.25) is 0 Å². The van der Waals surface area contributed by atoms with E-state index in [9.17, 15) is 0 Å². The molecule has 0 N–H and O–H groups in total. The standard InChI is InChI=1S/C12H11N/c1-9-6-7-12-10-4-2-3-5-11(10)13(12)8-9/h2-7H,8H2,1H3. The minimum Gasteiger partial charge on any atom is -0.336 e. The minimum absolute atomic E-state index is 1.06. The summed E-state index contributed by atoms with van der Waals surface area (Å²) in [5.74, 6) is 0. The van der Waals surface area contributed by atoms with Crippen LogP contribution in [-0.2, 0) is 0 Å². The van der Waals surface area contributed by atoms with Crippen LogP contribution in [0.4, 0.5) is 5.69 Å². The van der Waals surface area contributed by atoms with Gasteiger partial charge in [0.1, 0.15) is 0 Å². The van der Waals surface area contributed by atoms with Crippen molar-refractivity contribution in [3.05, 3.63) is 47.6 Å². The van der Waals surface area contributed by atoms with Crippen molar-refractivity contribution >= 4 is 11.4 Å². The van der Waals surface area contributed by atoms with Gasteiger partial charge in [0.15, 0.2) is 0 Å². The van der Waals surface area contributed by atoms with E-state index < -0.39 is 0 Å². The molecule has 0 saturated heterocycles. The molecular formula is C12H11N. The molecule has 0 saturated carbocycles. The predicted octanol–water partition coefficient (Wildman–Crippen LogP) is 2.81. The molecule has 0 unspecified atom stereocenters. The van der Waals surface area contributed by atoms with E-state index in [4.69, 9.17) is 0 Å². The van der Waals surface area contributed by atoms with Crippen LogP contribution in [-0.4, -0.2) is 6.54 Å². The highest BCUT2D eigenvalue weighted by atomic mass is 15.2. The van der Waals surface area contributed by atoms with Crippen molar-refractivity contribution in [1.82, 2.24) is 0 Å². The van der Waals surface area contributed by atoms with Crippen molar-refractivity contribution < 1.29 is 0 Å². The van der Waals surface area contributed by atoms with Crippen LogP contribution in [0.5, 0.6) is 0 Å². The molecule has 2 aliphatic rings. The normalized spacial score (nSPS) is 18.1. The summed E-state index contributed by atoms with van der Waals surface area (Å²) >= 11 is 0. The van der Waals surface area contributed by atoms with Gasteiger partial charge in [-0.1, -0.05) is 29.8 Å². The molecule has 0 amide bonds. The van der Waals surface area contributed by atoms with Crippen molar-refractivity contribution in [3.63, 3.8) is 0 Å². The molecule has 2 aliphatic heterocycles. The Labute approximate surface area is 78.0 Å². The molecule has 13 heavy (non-hydrogen) atoms. The molecule has 0 radical (unpaired) electrons. The third-order valence-electron chi connectivity index (χ3n) is 2.69. The lowest BCUT2D eigenvalue weighted by atomic mass is 9.94. The van der Waals surface area contributed by atoms with Crippen LogP contribution >= 0.6 is 0 Å². The molecule has 1 heteroatoms. The van der Waals surface area contributed by atoms with Crippen LogP contribution in [0.2, 0.25) is 0 Å². The molecule has 0 atom stereocenters. The monoisotopic (exact) mass is 169 g/mol. The van der Waals surface area contributed by atoms with Gasteiger partial charge in [0.05, 0.1) is 11.4 Å². The number of benzene rings is 1. The van der Waals surface area contributed by atoms with E-state index in [1.54, 1.807) is 0 Å². The second-order valence-corrected chi connectivity index (χ2v) is 3.67. The number of allylic oxidation sites excluding steroid dienone is 2.